The Bertz CT molecular complexity index is 472. The van der Waals surface area contributed by atoms with Crippen LogP contribution in [0.4, 0.5) is 10.1 Å². The predicted molar refractivity (Wildman–Crippen MR) is 84.3 cm³/mol. The van der Waals surface area contributed by atoms with Gasteiger partial charge >= 0.3 is 0 Å². The van der Waals surface area contributed by atoms with E-state index in [0.29, 0.717) is 23.8 Å². The lowest BCUT2D eigenvalue weighted by Crippen LogP contribution is -2.31. The van der Waals surface area contributed by atoms with Crippen LogP contribution in [0.25, 0.3) is 0 Å². The first kappa shape index (κ1) is 14.7. The fraction of sp³-hybridized carbons (Fsp3) is 0.667. The normalized spacial score (nSPS) is 21.6. The highest BCUT2D eigenvalue weighted by Crippen LogP contribution is 2.49. The van der Waals surface area contributed by atoms with Crippen LogP contribution in [0.1, 0.15) is 58.3 Å². The van der Waals surface area contributed by atoms with Crippen molar-refractivity contribution in [3.8, 4) is 5.75 Å². The molecule has 21 heavy (non-hydrogen) atoms. The van der Waals surface area contributed by atoms with E-state index in [1.807, 2.05) is 13.0 Å². The Morgan fingerprint density at radius 2 is 1.90 bits per heavy atom. The van der Waals surface area contributed by atoms with Crippen LogP contribution in [-0.4, -0.2) is 12.6 Å². The fourth-order valence-electron chi connectivity index (χ4n) is 4.10. The van der Waals surface area contributed by atoms with Gasteiger partial charge in [-0.1, -0.05) is 12.8 Å². The van der Waals surface area contributed by atoms with Gasteiger partial charge in [-0.15, -0.1) is 0 Å². The fourth-order valence-corrected chi connectivity index (χ4v) is 4.10. The van der Waals surface area contributed by atoms with Crippen LogP contribution >= 0.6 is 0 Å². The standard InChI is InChI=1S/C18H26FNO/c1-2-21-17-6-5-15(13-16(17)19)20-14-7-11-18(12-8-14)9-3-4-10-18/h5-6,13-14,20H,2-4,7-12H2,1H3. The zero-order chi connectivity index (χ0) is 14.7. The maximum atomic E-state index is 13.9. The van der Waals surface area contributed by atoms with Gasteiger partial charge in [0, 0.05) is 17.8 Å². The molecule has 0 aliphatic heterocycles. The topological polar surface area (TPSA) is 21.3 Å². The number of benzene rings is 1. The van der Waals surface area contributed by atoms with Crippen molar-refractivity contribution in [1.82, 2.24) is 0 Å². The van der Waals surface area contributed by atoms with Crippen molar-refractivity contribution in [3.63, 3.8) is 0 Å². The lowest BCUT2D eigenvalue weighted by Gasteiger charge is -2.37. The molecule has 116 valence electrons. The van der Waals surface area contributed by atoms with E-state index >= 15 is 0 Å². The van der Waals surface area contributed by atoms with Crippen LogP contribution in [0, 0.1) is 11.2 Å². The molecule has 1 aromatic carbocycles. The minimum Gasteiger partial charge on any atom is -0.491 e. The third-order valence-electron chi connectivity index (χ3n) is 5.31. The molecule has 2 aliphatic carbocycles. The van der Waals surface area contributed by atoms with E-state index in [1.165, 1.54) is 51.4 Å². The summed E-state index contributed by atoms with van der Waals surface area (Å²) in [6.07, 6.45) is 10.8. The first-order valence-corrected chi connectivity index (χ1v) is 8.40. The molecule has 0 unspecified atom stereocenters. The number of ether oxygens (including phenoxy) is 1. The van der Waals surface area contributed by atoms with E-state index in [9.17, 15) is 4.39 Å². The Hall–Kier alpha value is -1.25. The van der Waals surface area contributed by atoms with Gasteiger partial charge in [0.2, 0.25) is 0 Å². The maximum absolute atomic E-state index is 13.9. The summed E-state index contributed by atoms with van der Waals surface area (Å²) >= 11 is 0. The smallest absolute Gasteiger partial charge is 0.167 e. The second kappa shape index (κ2) is 6.25. The van der Waals surface area contributed by atoms with Gasteiger partial charge in [0.1, 0.15) is 0 Å². The maximum Gasteiger partial charge on any atom is 0.167 e. The average Bonchev–Trinajstić information content (AvgIpc) is 2.93. The molecule has 2 fully saturated rings. The molecule has 0 atom stereocenters. The first-order chi connectivity index (χ1) is 10.2. The van der Waals surface area contributed by atoms with Crippen LogP contribution in [-0.2, 0) is 0 Å². The molecule has 1 spiro atoms. The largest absolute Gasteiger partial charge is 0.491 e. The number of rotatable bonds is 4. The van der Waals surface area contributed by atoms with E-state index in [-0.39, 0.29) is 5.82 Å². The van der Waals surface area contributed by atoms with Crippen LogP contribution in [0.5, 0.6) is 5.75 Å². The highest BCUT2D eigenvalue weighted by Gasteiger charge is 2.37. The van der Waals surface area contributed by atoms with Gasteiger partial charge in [0.25, 0.3) is 0 Å². The van der Waals surface area contributed by atoms with Crippen LogP contribution < -0.4 is 10.1 Å². The summed E-state index contributed by atoms with van der Waals surface area (Å²) in [5, 5.41) is 3.50. The molecule has 1 aromatic rings. The molecule has 2 saturated carbocycles. The second-order valence-electron chi connectivity index (χ2n) is 6.70. The zero-order valence-electron chi connectivity index (χ0n) is 13.0. The van der Waals surface area contributed by atoms with Crippen molar-refractivity contribution in [1.29, 1.82) is 0 Å². The van der Waals surface area contributed by atoms with Gasteiger partial charge < -0.3 is 10.1 Å². The minimum absolute atomic E-state index is 0.273. The number of hydrogen-bond donors (Lipinski definition) is 1. The van der Waals surface area contributed by atoms with Gasteiger partial charge in [-0.2, -0.15) is 0 Å². The number of halogens is 1. The molecular weight excluding hydrogens is 265 g/mol. The second-order valence-corrected chi connectivity index (χ2v) is 6.70. The van der Waals surface area contributed by atoms with E-state index in [2.05, 4.69) is 5.32 Å². The van der Waals surface area contributed by atoms with Gasteiger partial charge in [-0.05, 0) is 63.0 Å². The van der Waals surface area contributed by atoms with Gasteiger partial charge in [-0.3, -0.25) is 0 Å². The molecule has 2 nitrogen and oxygen atoms in total. The van der Waals surface area contributed by atoms with Crippen molar-refractivity contribution in [2.75, 3.05) is 11.9 Å². The molecule has 0 radical (unpaired) electrons. The van der Waals surface area contributed by atoms with Crippen molar-refractivity contribution in [3.05, 3.63) is 24.0 Å². The van der Waals surface area contributed by atoms with E-state index in [1.54, 1.807) is 12.1 Å². The molecule has 0 aromatic heterocycles. The number of nitrogens with one attached hydrogen (secondary N) is 1. The SMILES string of the molecule is CCOc1ccc(NC2CCC3(CCCC3)CC2)cc1F. The molecule has 2 aliphatic rings. The zero-order valence-corrected chi connectivity index (χ0v) is 13.0. The van der Waals surface area contributed by atoms with E-state index in [4.69, 9.17) is 4.74 Å². The summed E-state index contributed by atoms with van der Waals surface area (Å²) < 4.78 is 19.1. The van der Waals surface area contributed by atoms with Crippen molar-refractivity contribution >= 4 is 5.69 Å². The monoisotopic (exact) mass is 291 g/mol. The van der Waals surface area contributed by atoms with Crippen LogP contribution in [0.2, 0.25) is 0 Å². The first-order valence-electron chi connectivity index (χ1n) is 8.40. The van der Waals surface area contributed by atoms with Gasteiger partial charge in [-0.25, -0.2) is 4.39 Å². The molecule has 0 saturated heterocycles. The predicted octanol–water partition coefficient (Wildman–Crippen LogP) is 5.14. The van der Waals surface area contributed by atoms with Crippen molar-refractivity contribution in [2.24, 2.45) is 5.41 Å². The van der Waals surface area contributed by atoms with Crippen molar-refractivity contribution in [2.45, 2.75) is 64.3 Å². The Labute approximate surface area is 127 Å². The lowest BCUT2D eigenvalue weighted by atomic mass is 9.71. The summed E-state index contributed by atoms with van der Waals surface area (Å²) in [4.78, 5) is 0. The van der Waals surface area contributed by atoms with E-state index < -0.39 is 0 Å². The van der Waals surface area contributed by atoms with Crippen LogP contribution in [0.15, 0.2) is 18.2 Å². The third-order valence-corrected chi connectivity index (χ3v) is 5.31. The van der Waals surface area contributed by atoms with E-state index in [0.717, 1.165) is 5.69 Å². The molecule has 0 bridgehead atoms. The number of anilines is 1. The molecule has 3 rings (SSSR count). The Balaban J connectivity index is 1.56. The molecule has 0 heterocycles. The number of hydrogen-bond acceptors (Lipinski definition) is 2. The minimum atomic E-state index is -0.273. The summed E-state index contributed by atoms with van der Waals surface area (Å²) in [5.74, 6) is 0.0709. The van der Waals surface area contributed by atoms with Crippen molar-refractivity contribution < 1.29 is 9.13 Å². The Kier molecular flexibility index (Phi) is 4.37. The summed E-state index contributed by atoms with van der Waals surface area (Å²) in [6.45, 7) is 2.36. The quantitative estimate of drug-likeness (QED) is 0.829. The lowest BCUT2D eigenvalue weighted by molar-refractivity contribution is 0.188. The Morgan fingerprint density at radius 3 is 2.52 bits per heavy atom. The highest BCUT2D eigenvalue weighted by molar-refractivity contribution is 5.48. The summed E-state index contributed by atoms with van der Waals surface area (Å²) in [7, 11) is 0. The Morgan fingerprint density at radius 1 is 1.19 bits per heavy atom. The van der Waals surface area contributed by atoms with Gasteiger partial charge in [0.05, 0.1) is 6.61 Å². The van der Waals surface area contributed by atoms with Crippen LogP contribution in [0.3, 0.4) is 0 Å². The summed E-state index contributed by atoms with van der Waals surface area (Å²) in [5.41, 5.74) is 1.53. The molecule has 1 N–H and O–H groups in total. The average molecular weight is 291 g/mol. The van der Waals surface area contributed by atoms with Gasteiger partial charge in [0.15, 0.2) is 11.6 Å². The molecule has 0 amide bonds. The highest BCUT2D eigenvalue weighted by atomic mass is 19.1. The molecular formula is C18H26FNO. The third kappa shape index (κ3) is 3.33. The summed E-state index contributed by atoms with van der Waals surface area (Å²) in [6, 6.07) is 5.70. The molecule has 3 heteroatoms.